The van der Waals surface area contributed by atoms with Crippen LogP contribution in [0.15, 0.2) is 16.9 Å². The number of nitrogens with one attached hydrogen (secondary N) is 1. The number of carbonyl (C=O) groups excluding carboxylic acids is 2. The highest BCUT2D eigenvalue weighted by molar-refractivity contribution is 5.89. The van der Waals surface area contributed by atoms with E-state index < -0.39 is 0 Å². The molecule has 2 aliphatic rings. The molecule has 0 bridgehead atoms. The van der Waals surface area contributed by atoms with Gasteiger partial charge in [-0.1, -0.05) is 0 Å². The number of aromatic amines is 1. The second-order valence-electron chi connectivity index (χ2n) is 7.43. The van der Waals surface area contributed by atoms with E-state index in [2.05, 4.69) is 10.1 Å². The second kappa shape index (κ2) is 6.26. The first-order valence-electron chi connectivity index (χ1n) is 9.04. The first kappa shape index (κ1) is 16.8. The molecule has 0 unspecified atom stereocenters. The number of aryl methyl sites for hydroxylation is 1. The van der Waals surface area contributed by atoms with Crippen LogP contribution >= 0.6 is 0 Å². The van der Waals surface area contributed by atoms with Crippen LogP contribution in [0.3, 0.4) is 0 Å². The molecule has 0 spiro atoms. The molecule has 8 nitrogen and oxygen atoms in total. The highest BCUT2D eigenvalue weighted by Gasteiger charge is 2.36. The fourth-order valence-electron chi connectivity index (χ4n) is 4.02. The van der Waals surface area contributed by atoms with Crippen molar-refractivity contribution in [3.05, 3.63) is 33.9 Å². The summed E-state index contributed by atoms with van der Waals surface area (Å²) in [5, 5.41) is 2.97. The number of H-pyrrole nitrogens is 1. The van der Waals surface area contributed by atoms with Crippen molar-refractivity contribution in [2.45, 2.75) is 32.1 Å². The summed E-state index contributed by atoms with van der Waals surface area (Å²) in [6.45, 7) is 3.69. The topological polar surface area (TPSA) is 90.8 Å². The molecule has 2 amide bonds. The Bertz CT molecular complexity index is 923. The van der Waals surface area contributed by atoms with Crippen molar-refractivity contribution in [3.8, 4) is 0 Å². The van der Waals surface area contributed by atoms with Crippen molar-refractivity contribution >= 4 is 17.5 Å². The molecule has 0 aliphatic carbocycles. The normalized spacial score (nSPS) is 21.8. The van der Waals surface area contributed by atoms with Gasteiger partial charge in [0.25, 0.3) is 5.56 Å². The second-order valence-corrected chi connectivity index (χ2v) is 7.43. The molecule has 2 aliphatic heterocycles. The van der Waals surface area contributed by atoms with Gasteiger partial charge in [0.2, 0.25) is 11.8 Å². The first-order valence-corrected chi connectivity index (χ1v) is 9.04. The number of rotatable bonds is 2. The number of hydrogen-bond acceptors (Lipinski definition) is 4. The average Bonchev–Trinajstić information content (AvgIpc) is 3.16. The molecule has 1 atom stereocenters. The molecule has 8 heteroatoms. The molecular formula is C18H23N5O3. The molecule has 2 aromatic rings. The third-order valence-electron chi connectivity index (χ3n) is 5.51. The molecule has 4 heterocycles. The third kappa shape index (κ3) is 2.89. The van der Waals surface area contributed by atoms with Crippen molar-refractivity contribution in [3.63, 3.8) is 0 Å². The van der Waals surface area contributed by atoms with Gasteiger partial charge in [0.05, 0.1) is 11.6 Å². The van der Waals surface area contributed by atoms with Crippen LogP contribution in [0, 0.1) is 12.8 Å². The van der Waals surface area contributed by atoms with Gasteiger partial charge in [-0.3, -0.25) is 19.5 Å². The van der Waals surface area contributed by atoms with Crippen LogP contribution in [-0.4, -0.2) is 62.9 Å². The standard InChI is InChI=1S/C18H23N5O3/c1-11-7-15-19-14(9-17(25)23(15)20-11)12-3-5-22(6-4-12)18(26)13-8-16(24)21(2)10-13/h7,9,12-13,20H,3-6,8,10H2,1-2H3/t13-/m0/s1. The number of nitrogens with zero attached hydrogens (tertiary/aromatic N) is 4. The lowest BCUT2D eigenvalue weighted by atomic mass is 9.92. The number of amides is 2. The minimum Gasteiger partial charge on any atom is -0.345 e. The number of piperidine rings is 1. The van der Waals surface area contributed by atoms with Crippen molar-refractivity contribution in [2.75, 3.05) is 26.7 Å². The van der Waals surface area contributed by atoms with E-state index in [1.807, 2.05) is 17.9 Å². The zero-order chi connectivity index (χ0) is 18.4. The van der Waals surface area contributed by atoms with Crippen LogP contribution in [0.2, 0.25) is 0 Å². The Hall–Kier alpha value is -2.64. The molecular weight excluding hydrogens is 334 g/mol. The van der Waals surface area contributed by atoms with Crippen LogP contribution in [0.25, 0.3) is 5.65 Å². The summed E-state index contributed by atoms with van der Waals surface area (Å²) in [6, 6.07) is 3.45. The zero-order valence-corrected chi connectivity index (χ0v) is 15.1. The van der Waals surface area contributed by atoms with E-state index in [1.54, 1.807) is 18.0 Å². The Labute approximate surface area is 150 Å². The number of aromatic nitrogens is 3. The SMILES string of the molecule is Cc1cc2nc(C3CCN(C(=O)[C@H]4CC(=O)N(C)C4)CC3)cc(=O)n2[nH]1. The largest absolute Gasteiger partial charge is 0.345 e. The minimum atomic E-state index is -0.217. The van der Waals surface area contributed by atoms with Gasteiger partial charge in [0.15, 0.2) is 5.65 Å². The van der Waals surface area contributed by atoms with Gasteiger partial charge in [-0.25, -0.2) is 9.50 Å². The van der Waals surface area contributed by atoms with Crippen molar-refractivity contribution in [1.82, 2.24) is 24.4 Å². The molecule has 0 aromatic carbocycles. The maximum atomic E-state index is 12.6. The molecule has 1 N–H and O–H groups in total. The van der Waals surface area contributed by atoms with E-state index in [4.69, 9.17) is 0 Å². The van der Waals surface area contributed by atoms with Gasteiger partial charge in [-0.2, -0.15) is 0 Å². The van der Waals surface area contributed by atoms with Gasteiger partial charge in [0, 0.05) is 56.8 Å². The van der Waals surface area contributed by atoms with Crippen LogP contribution in [0.4, 0.5) is 0 Å². The van der Waals surface area contributed by atoms with Crippen molar-refractivity contribution in [2.24, 2.45) is 5.92 Å². The Morgan fingerprint density at radius 1 is 1.23 bits per heavy atom. The molecule has 0 saturated carbocycles. The highest BCUT2D eigenvalue weighted by Crippen LogP contribution is 2.28. The van der Waals surface area contributed by atoms with E-state index in [0.717, 1.165) is 24.2 Å². The summed E-state index contributed by atoms with van der Waals surface area (Å²) in [5.74, 6) is 0.0785. The number of fused-ring (bicyclic) bond motifs is 1. The maximum Gasteiger partial charge on any atom is 0.272 e. The Morgan fingerprint density at radius 3 is 2.62 bits per heavy atom. The maximum absolute atomic E-state index is 12.6. The molecule has 2 aromatic heterocycles. The Balaban J connectivity index is 1.44. The monoisotopic (exact) mass is 357 g/mol. The molecule has 2 fully saturated rings. The quantitative estimate of drug-likeness (QED) is 0.848. The predicted molar refractivity (Wildman–Crippen MR) is 94.8 cm³/mol. The molecule has 138 valence electrons. The number of carbonyl (C=O) groups is 2. The highest BCUT2D eigenvalue weighted by atomic mass is 16.2. The van der Waals surface area contributed by atoms with Gasteiger partial charge in [-0.15, -0.1) is 0 Å². The van der Waals surface area contributed by atoms with E-state index in [9.17, 15) is 14.4 Å². The summed E-state index contributed by atoms with van der Waals surface area (Å²) >= 11 is 0. The van der Waals surface area contributed by atoms with Gasteiger partial charge in [-0.05, 0) is 19.8 Å². The lowest BCUT2D eigenvalue weighted by Crippen LogP contribution is -2.42. The first-order chi connectivity index (χ1) is 12.4. The van der Waals surface area contributed by atoms with Crippen molar-refractivity contribution in [1.29, 1.82) is 0 Å². The fraction of sp³-hybridized carbons (Fsp3) is 0.556. The summed E-state index contributed by atoms with van der Waals surface area (Å²) in [7, 11) is 1.74. The molecule has 26 heavy (non-hydrogen) atoms. The smallest absolute Gasteiger partial charge is 0.272 e. The summed E-state index contributed by atoms with van der Waals surface area (Å²) in [4.78, 5) is 44.7. The van der Waals surface area contributed by atoms with Crippen LogP contribution in [-0.2, 0) is 9.59 Å². The lowest BCUT2D eigenvalue weighted by Gasteiger charge is -2.33. The van der Waals surface area contributed by atoms with Gasteiger partial charge < -0.3 is 9.80 Å². The predicted octanol–water partition coefficient (Wildman–Crippen LogP) is 0.515. The Kier molecular flexibility index (Phi) is 4.05. The molecule has 2 saturated heterocycles. The zero-order valence-electron chi connectivity index (χ0n) is 15.1. The summed E-state index contributed by atoms with van der Waals surface area (Å²) < 4.78 is 1.45. The summed E-state index contributed by atoms with van der Waals surface area (Å²) in [5.41, 5.74) is 2.22. The minimum absolute atomic E-state index is 0.0398. The lowest BCUT2D eigenvalue weighted by molar-refractivity contribution is -0.136. The Morgan fingerprint density at radius 2 is 1.96 bits per heavy atom. The third-order valence-corrected chi connectivity index (χ3v) is 5.51. The van der Waals surface area contributed by atoms with Gasteiger partial charge in [0.1, 0.15) is 0 Å². The average molecular weight is 357 g/mol. The van der Waals surface area contributed by atoms with E-state index in [-0.39, 0.29) is 29.2 Å². The van der Waals surface area contributed by atoms with Crippen LogP contribution < -0.4 is 5.56 Å². The molecule has 0 radical (unpaired) electrons. The van der Waals surface area contributed by atoms with E-state index >= 15 is 0 Å². The number of likely N-dealkylation sites (tertiary alicyclic amines) is 2. The van der Waals surface area contributed by atoms with E-state index in [0.29, 0.717) is 31.7 Å². The number of hydrogen-bond donors (Lipinski definition) is 1. The summed E-state index contributed by atoms with van der Waals surface area (Å²) in [6.07, 6.45) is 1.89. The van der Waals surface area contributed by atoms with Crippen molar-refractivity contribution < 1.29 is 9.59 Å². The van der Waals surface area contributed by atoms with Gasteiger partial charge >= 0.3 is 0 Å². The van der Waals surface area contributed by atoms with Crippen LogP contribution in [0.1, 0.15) is 36.6 Å². The molecule has 4 rings (SSSR count). The van der Waals surface area contributed by atoms with Crippen LogP contribution in [0.5, 0.6) is 0 Å². The fourth-order valence-corrected chi connectivity index (χ4v) is 4.02. The van der Waals surface area contributed by atoms with E-state index in [1.165, 1.54) is 4.52 Å².